The molecule has 0 amide bonds. The molecule has 1 rings (SSSR count). The highest BCUT2D eigenvalue weighted by Gasteiger charge is 2.06. The Kier molecular flexibility index (Phi) is 7.36. The summed E-state index contributed by atoms with van der Waals surface area (Å²) < 4.78 is 0. The molecule has 0 nitrogen and oxygen atoms in total. The van der Waals surface area contributed by atoms with E-state index in [2.05, 4.69) is 64.7 Å². The lowest BCUT2D eigenvalue weighted by Crippen LogP contribution is -1.98. The Labute approximate surface area is 125 Å². The zero-order chi connectivity index (χ0) is 15.0. The fraction of sp³-hybridized carbons (Fsp3) is 0.500. The summed E-state index contributed by atoms with van der Waals surface area (Å²) in [4.78, 5) is 0. The summed E-state index contributed by atoms with van der Waals surface area (Å²) in [6, 6.07) is 0. The summed E-state index contributed by atoms with van der Waals surface area (Å²) >= 11 is 0. The molecule has 0 N–H and O–H groups in total. The lowest BCUT2D eigenvalue weighted by atomic mass is 9.92. The maximum absolute atomic E-state index is 4.14. The Morgan fingerprint density at radius 3 is 2.45 bits per heavy atom. The minimum absolute atomic E-state index is 0.502. The van der Waals surface area contributed by atoms with Gasteiger partial charge in [0.2, 0.25) is 0 Å². The van der Waals surface area contributed by atoms with Gasteiger partial charge < -0.3 is 0 Å². The predicted molar refractivity (Wildman–Crippen MR) is 91.8 cm³/mol. The van der Waals surface area contributed by atoms with Gasteiger partial charge in [-0.3, -0.25) is 0 Å². The number of hydrogen-bond donors (Lipinski definition) is 0. The molecule has 0 spiro atoms. The van der Waals surface area contributed by atoms with Gasteiger partial charge in [0.25, 0.3) is 0 Å². The molecule has 0 heterocycles. The van der Waals surface area contributed by atoms with E-state index in [9.17, 15) is 0 Å². The molecule has 0 aliphatic heterocycles. The lowest BCUT2D eigenvalue weighted by Gasteiger charge is -2.13. The van der Waals surface area contributed by atoms with E-state index < -0.39 is 0 Å². The van der Waals surface area contributed by atoms with Crippen LogP contribution >= 0.6 is 0 Å². The van der Waals surface area contributed by atoms with Gasteiger partial charge in [0, 0.05) is 0 Å². The Morgan fingerprint density at radius 2 is 1.75 bits per heavy atom. The predicted octanol–water partition coefficient (Wildman–Crippen LogP) is 6.54. The van der Waals surface area contributed by atoms with Gasteiger partial charge in [-0.15, -0.1) is 0 Å². The summed E-state index contributed by atoms with van der Waals surface area (Å²) in [6.07, 6.45) is 17.4. The smallest absolute Gasteiger partial charge is 0.00225 e. The fourth-order valence-electron chi connectivity index (χ4n) is 2.42. The van der Waals surface area contributed by atoms with Gasteiger partial charge >= 0.3 is 0 Å². The average Bonchev–Trinajstić information content (AvgIpc) is 2.37. The molecule has 20 heavy (non-hydrogen) atoms. The standard InChI is InChI=1S/C20H30/c1-16(2)20-14-12-18(4)10-6-8-17(3)9-7-11-19(5)13-15-20/h8,10-12,14,20H,1,6-7,9,13,15H2,2-5H3/b14-12+,17-8+,18-10-,19-11+/t20-/m1/s1. The first-order chi connectivity index (χ1) is 9.49. The number of rotatable bonds is 1. The summed E-state index contributed by atoms with van der Waals surface area (Å²) in [5, 5.41) is 0. The van der Waals surface area contributed by atoms with Crippen LogP contribution in [0.15, 0.2) is 59.3 Å². The Morgan fingerprint density at radius 1 is 1.05 bits per heavy atom. The molecule has 0 aromatic rings. The van der Waals surface area contributed by atoms with E-state index in [4.69, 9.17) is 0 Å². The van der Waals surface area contributed by atoms with Crippen LogP contribution in [-0.2, 0) is 0 Å². The van der Waals surface area contributed by atoms with Gasteiger partial charge in [-0.1, -0.05) is 59.3 Å². The maximum atomic E-state index is 4.14. The third-order valence-electron chi connectivity index (χ3n) is 4.01. The minimum Gasteiger partial charge on any atom is -0.0995 e. The molecule has 1 atom stereocenters. The second-order valence-corrected chi connectivity index (χ2v) is 6.17. The van der Waals surface area contributed by atoms with E-state index in [-0.39, 0.29) is 0 Å². The molecule has 0 heteroatoms. The second-order valence-electron chi connectivity index (χ2n) is 6.17. The van der Waals surface area contributed by atoms with Crippen LogP contribution in [-0.4, -0.2) is 0 Å². The quantitative estimate of drug-likeness (QED) is 0.475. The topological polar surface area (TPSA) is 0 Å². The van der Waals surface area contributed by atoms with Crippen LogP contribution in [0.1, 0.15) is 59.8 Å². The molecule has 0 saturated carbocycles. The normalized spacial score (nSPS) is 31.8. The van der Waals surface area contributed by atoms with E-state index in [1.807, 2.05) is 0 Å². The lowest BCUT2D eigenvalue weighted by molar-refractivity contribution is 0.668. The van der Waals surface area contributed by atoms with Crippen LogP contribution in [0.2, 0.25) is 0 Å². The Bertz CT molecular complexity index is 441. The molecule has 1 aliphatic rings. The van der Waals surface area contributed by atoms with Crippen molar-refractivity contribution in [3.8, 4) is 0 Å². The molecule has 110 valence electrons. The van der Waals surface area contributed by atoms with Gasteiger partial charge in [-0.25, -0.2) is 0 Å². The van der Waals surface area contributed by atoms with Crippen molar-refractivity contribution in [2.45, 2.75) is 59.8 Å². The first-order valence-electron chi connectivity index (χ1n) is 7.80. The van der Waals surface area contributed by atoms with E-state index in [1.165, 1.54) is 48.0 Å². The molecule has 0 unspecified atom stereocenters. The van der Waals surface area contributed by atoms with Crippen LogP contribution in [0.25, 0.3) is 0 Å². The van der Waals surface area contributed by atoms with Crippen molar-refractivity contribution >= 4 is 0 Å². The van der Waals surface area contributed by atoms with Gasteiger partial charge in [-0.2, -0.15) is 0 Å². The van der Waals surface area contributed by atoms with E-state index in [1.54, 1.807) is 0 Å². The van der Waals surface area contributed by atoms with Gasteiger partial charge in [0.05, 0.1) is 0 Å². The second kappa shape index (κ2) is 8.79. The zero-order valence-corrected chi connectivity index (χ0v) is 13.7. The Hall–Kier alpha value is -1.30. The third kappa shape index (κ3) is 6.75. The van der Waals surface area contributed by atoms with Crippen LogP contribution in [0.4, 0.5) is 0 Å². The molecule has 0 saturated heterocycles. The van der Waals surface area contributed by atoms with Crippen molar-refractivity contribution in [1.82, 2.24) is 0 Å². The summed E-state index contributed by atoms with van der Waals surface area (Å²) in [5.74, 6) is 0.502. The first-order valence-corrected chi connectivity index (χ1v) is 7.80. The van der Waals surface area contributed by atoms with Crippen molar-refractivity contribution < 1.29 is 0 Å². The monoisotopic (exact) mass is 270 g/mol. The summed E-state index contributed by atoms with van der Waals surface area (Å²) in [5.41, 5.74) is 5.63. The highest BCUT2D eigenvalue weighted by molar-refractivity contribution is 5.21. The van der Waals surface area contributed by atoms with Gasteiger partial charge in [0.15, 0.2) is 0 Å². The average molecular weight is 270 g/mol. The van der Waals surface area contributed by atoms with Gasteiger partial charge in [-0.05, 0) is 65.7 Å². The molecule has 0 fully saturated rings. The van der Waals surface area contributed by atoms with E-state index in [0.29, 0.717) is 5.92 Å². The highest BCUT2D eigenvalue weighted by Crippen LogP contribution is 2.21. The molecule has 0 aromatic carbocycles. The minimum atomic E-state index is 0.502. The Balaban J connectivity index is 2.88. The summed E-state index contributed by atoms with van der Waals surface area (Å²) in [6.45, 7) is 13.0. The van der Waals surface area contributed by atoms with Crippen molar-refractivity contribution in [3.63, 3.8) is 0 Å². The van der Waals surface area contributed by atoms with E-state index >= 15 is 0 Å². The molecule has 1 aliphatic carbocycles. The molecule has 0 bridgehead atoms. The van der Waals surface area contributed by atoms with Crippen molar-refractivity contribution in [2.24, 2.45) is 5.92 Å². The molecular weight excluding hydrogens is 240 g/mol. The number of allylic oxidation sites excluding steroid dienone is 9. The van der Waals surface area contributed by atoms with Gasteiger partial charge in [0.1, 0.15) is 0 Å². The number of hydrogen-bond acceptors (Lipinski definition) is 0. The summed E-state index contributed by atoms with van der Waals surface area (Å²) in [7, 11) is 0. The largest absolute Gasteiger partial charge is 0.0995 e. The maximum Gasteiger partial charge on any atom is -0.00225 e. The zero-order valence-electron chi connectivity index (χ0n) is 13.7. The molecule has 0 aromatic heterocycles. The first kappa shape index (κ1) is 16.8. The molecular formula is C20H30. The molecule has 0 radical (unpaired) electrons. The van der Waals surface area contributed by atoms with Crippen LogP contribution in [0, 0.1) is 5.92 Å². The van der Waals surface area contributed by atoms with Crippen LogP contribution < -0.4 is 0 Å². The SMILES string of the molecule is C=C(C)[C@@H]1/C=C/C(C)=C\C/C=C(\C)CC/C=C(\C)CC1. The highest BCUT2D eigenvalue weighted by atomic mass is 14.1. The van der Waals surface area contributed by atoms with Crippen LogP contribution in [0.3, 0.4) is 0 Å². The van der Waals surface area contributed by atoms with Crippen molar-refractivity contribution in [2.75, 3.05) is 0 Å². The van der Waals surface area contributed by atoms with Crippen LogP contribution in [0.5, 0.6) is 0 Å². The fourth-order valence-corrected chi connectivity index (χ4v) is 2.42. The van der Waals surface area contributed by atoms with Crippen molar-refractivity contribution in [1.29, 1.82) is 0 Å². The van der Waals surface area contributed by atoms with E-state index in [0.717, 1.165) is 6.42 Å². The van der Waals surface area contributed by atoms with Crippen molar-refractivity contribution in [3.05, 3.63) is 59.3 Å². The third-order valence-corrected chi connectivity index (χ3v) is 4.01.